The minimum atomic E-state index is -0.138. The number of fused-ring (bicyclic) bond motifs is 3. The van der Waals surface area contributed by atoms with E-state index < -0.39 is 0 Å². The molecule has 1 saturated heterocycles. The van der Waals surface area contributed by atoms with Gasteiger partial charge < -0.3 is 4.74 Å². The molecule has 1 fully saturated rings. The fraction of sp³-hybridized carbons (Fsp3) is 0.300. The molecule has 14 heavy (non-hydrogen) atoms. The summed E-state index contributed by atoms with van der Waals surface area (Å²) < 4.78 is 5.17. The second kappa shape index (κ2) is 2.93. The predicted octanol–water partition coefficient (Wildman–Crippen LogP) is 1.82. The van der Waals surface area contributed by atoms with Crippen LogP contribution in [-0.4, -0.2) is 14.9 Å². The average Bonchev–Trinajstić information content (AvgIpc) is 2.67. The van der Waals surface area contributed by atoms with Gasteiger partial charge in [0.15, 0.2) is 10.3 Å². The van der Waals surface area contributed by atoms with Crippen LogP contribution in [-0.2, 0) is 16.1 Å². The van der Waals surface area contributed by atoms with Crippen LogP contribution in [0.25, 0.3) is 0 Å². The largest absolute Gasteiger partial charge is 0.440 e. The van der Waals surface area contributed by atoms with Crippen molar-refractivity contribution in [2.45, 2.75) is 16.8 Å². The third kappa shape index (κ3) is 1.04. The summed E-state index contributed by atoms with van der Waals surface area (Å²) in [5.41, 5.74) is 2.41. The number of esters is 1. The number of rotatable bonds is 0. The van der Waals surface area contributed by atoms with Gasteiger partial charge in [0.05, 0.1) is 0 Å². The van der Waals surface area contributed by atoms with Crippen molar-refractivity contribution in [3.8, 4) is 0 Å². The zero-order chi connectivity index (χ0) is 9.71. The maximum atomic E-state index is 11.3. The molecule has 2 aliphatic heterocycles. The Kier molecular flexibility index (Phi) is 1.82. The fourth-order valence-electron chi connectivity index (χ4n) is 2.01. The van der Waals surface area contributed by atoms with Gasteiger partial charge in [0.1, 0.15) is 0 Å². The van der Waals surface area contributed by atoms with Gasteiger partial charge in [-0.05, 0) is 5.56 Å². The van der Waals surface area contributed by atoms with E-state index in [0.29, 0.717) is 0 Å². The Morgan fingerprint density at radius 1 is 1.43 bits per heavy atom. The van der Waals surface area contributed by atoms with Gasteiger partial charge in [0, 0.05) is 12.1 Å². The van der Waals surface area contributed by atoms with E-state index in [1.165, 1.54) is 5.56 Å². The smallest absolute Gasteiger partial charge is 0.335 e. The van der Waals surface area contributed by atoms with Crippen LogP contribution in [0.4, 0.5) is 0 Å². The molecule has 1 unspecified atom stereocenters. The molecule has 0 bridgehead atoms. The Labute approximate surface area is 95.2 Å². The standard InChI is InChI=1S/C10H8INO2/c11-8-10(13)14-9-7-4-2-1-3-6(7)5-12(8)9/h1-4,8-9H,5H2/t8-,9?/m1/s1. The molecule has 4 heteroatoms. The van der Waals surface area contributed by atoms with Gasteiger partial charge >= 0.3 is 5.97 Å². The normalized spacial score (nSPS) is 29.9. The molecule has 0 aromatic heterocycles. The molecule has 2 atom stereocenters. The number of alkyl halides is 1. The number of ether oxygens (including phenoxy) is 1. The molecule has 2 heterocycles. The Bertz CT molecular complexity index is 407. The summed E-state index contributed by atoms with van der Waals surface area (Å²) in [5.74, 6) is -0.120. The minimum Gasteiger partial charge on any atom is -0.440 e. The van der Waals surface area contributed by atoms with Gasteiger partial charge in [-0.25, -0.2) is 9.69 Å². The van der Waals surface area contributed by atoms with E-state index in [1.54, 1.807) is 0 Å². The topological polar surface area (TPSA) is 29.5 Å². The van der Waals surface area contributed by atoms with Crippen LogP contribution in [0.15, 0.2) is 24.3 Å². The molecule has 0 aliphatic carbocycles. The van der Waals surface area contributed by atoms with Crippen LogP contribution in [0.2, 0.25) is 0 Å². The number of halogens is 1. The molecule has 1 aromatic carbocycles. The van der Waals surface area contributed by atoms with Gasteiger partial charge in [-0.1, -0.05) is 46.9 Å². The van der Waals surface area contributed by atoms with E-state index in [9.17, 15) is 4.79 Å². The molecule has 0 amide bonds. The summed E-state index contributed by atoms with van der Waals surface area (Å²) in [6.45, 7) is 0.820. The van der Waals surface area contributed by atoms with Crippen molar-refractivity contribution in [1.29, 1.82) is 0 Å². The lowest BCUT2D eigenvalue weighted by atomic mass is 10.1. The monoisotopic (exact) mass is 301 g/mol. The van der Waals surface area contributed by atoms with E-state index in [-0.39, 0.29) is 16.2 Å². The molecule has 1 aromatic rings. The highest BCUT2D eigenvalue weighted by Gasteiger charge is 2.45. The quantitative estimate of drug-likeness (QED) is 0.317. The van der Waals surface area contributed by atoms with Crippen LogP contribution < -0.4 is 0 Å². The molecule has 0 N–H and O–H groups in total. The van der Waals surface area contributed by atoms with Crippen molar-refractivity contribution in [1.82, 2.24) is 4.90 Å². The summed E-state index contributed by atoms with van der Waals surface area (Å²) in [7, 11) is 0. The highest BCUT2D eigenvalue weighted by molar-refractivity contribution is 14.1. The van der Waals surface area contributed by atoms with Crippen LogP contribution in [0.5, 0.6) is 0 Å². The van der Waals surface area contributed by atoms with E-state index in [4.69, 9.17) is 4.74 Å². The lowest BCUT2D eigenvalue weighted by Crippen LogP contribution is -2.24. The van der Waals surface area contributed by atoms with Crippen LogP contribution in [0, 0.1) is 0 Å². The molecule has 72 valence electrons. The maximum Gasteiger partial charge on any atom is 0.335 e. The van der Waals surface area contributed by atoms with Crippen molar-refractivity contribution in [3.05, 3.63) is 35.4 Å². The number of hydrogen-bond donors (Lipinski definition) is 0. The third-order valence-corrected chi connectivity index (χ3v) is 3.91. The van der Waals surface area contributed by atoms with Gasteiger partial charge in [0.2, 0.25) is 0 Å². The minimum absolute atomic E-state index is 0.120. The third-order valence-electron chi connectivity index (χ3n) is 2.69. The Morgan fingerprint density at radius 2 is 2.21 bits per heavy atom. The first-order chi connectivity index (χ1) is 6.77. The number of hydrogen-bond acceptors (Lipinski definition) is 3. The van der Waals surface area contributed by atoms with Gasteiger partial charge in [-0.15, -0.1) is 0 Å². The van der Waals surface area contributed by atoms with Crippen LogP contribution in [0.3, 0.4) is 0 Å². The molecule has 3 nitrogen and oxygen atoms in total. The maximum absolute atomic E-state index is 11.3. The first-order valence-corrected chi connectivity index (χ1v) is 5.70. The highest BCUT2D eigenvalue weighted by Crippen LogP contribution is 2.42. The number of benzene rings is 1. The van der Waals surface area contributed by atoms with Gasteiger partial charge in [0.25, 0.3) is 0 Å². The molecule has 0 radical (unpaired) electrons. The Morgan fingerprint density at radius 3 is 3.07 bits per heavy atom. The summed E-state index contributed by atoms with van der Waals surface area (Å²) >= 11 is 2.12. The van der Waals surface area contributed by atoms with E-state index in [2.05, 4.69) is 33.6 Å². The molecule has 0 saturated carbocycles. The summed E-state index contributed by atoms with van der Waals surface area (Å²) in [6.07, 6.45) is -0.138. The number of nitrogens with zero attached hydrogens (tertiary/aromatic N) is 1. The molecule has 0 spiro atoms. The van der Waals surface area contributed by atoms with Crippen LogP contribution >= 0.6 is 22.6 Å². The van der Waals surface area contributed by atoms with E-state index >= 15 is 0 Å². The second-order valence-electron chi connectivity index (χ2n) is 3.50. The number of carbonyl (C=O) groups is 1. The van der Waals surface area contributed by atoms with Crippen molar-refractivity contribution in [3.63, 3.8) is 0 Å². The van der Waals surface area contributed by atoms with Crippen molar-refractivity contribution in [2.24, 2.45) is 0 Å². The zero-order valence-corrected chi connectivity index (χ0v) is 9.47. The summed E-state index contributed by atoms with van der Waals surface area (Å²) in [5, 5.41) is 0. The first kappa shape index (κ1) is 8.67. The molecular formula is C10H8INO2. The van der Waals surface area contributed by atoms with E-state index in [1.807, 2.05) is 18.2 Å². The first-order valence-electron chi connectivity index (χ1n) is 4.45. The lowest BCUT2D eigenvalue weighted by Gasteiger charge is -2.13. The zero-order valence-electron chi connectivity index (χ0n) is 7.31. The highest BCUT2D eigenvalue weighted by atomic mass is 127. The fourth-order valence-corrected chi connectivity index (χ4v) is 2.64. The second-order valence-corrected chi connectivity index (χ2v) is 4.68. The molecule has 3 rings (SSSR count). The number of carbonyl (C=O) groups excluding carboxylic acids is 1. The van der Waals surface area contributed by atoms with E-state index in [0.717, 1.165) is 12.1 Å². The van der Waals surface area contributed by atoms with Gasteiger partial charge in [-0.2, -0.15) is 0 Å². The van der Waals surface area contributed by atoms with Crippen molar-refractivity contribution < 1.29 is 9.53 Å². The molecule has 2 aliphatic rings. The average molecular weight is 301 g/mol. The van der Waals surface area contributed by atoms with Gasteiger partial charge in [-0.3, -0.25) is 0 Å². The van der Waals surface area contributed by atoms with Crippen LogP contribution in [0.1, 0.15) is 17.4 Å². The lowest BCUT2D eigenvalue weighted by molar-refractivity contribution is -0.141. The Balaban J connectivity index is 2.06. The SMILES string of the molecule is O=C1OC2c3ccccc3CN2[C@H]1I. The Hall–Kier alpha value is -0.620. The summed E-state index contributed by atoms with van der Waals surface area (Å²) in [4.78, 5) is 13.4. The predicted molar refractivity (Wildman–Crippen MR) is 58.6 cm³/mol. The van der Waals surface area contributed by atoms with Crippen molar-refractivity contribution in [2.75, 3.05) is 0 Å². The molecular weight excluding hydrogens is 293 g/mol. The summed E-state index contributed by atoms with van der Waals surface area (Å²) in [6, 6.07) is 8.12. The van der Waals surface area contributed by atoms with Crippen molar-refractivity contribution >= 4 is 28.6 Å².